The van der Waals surface area contributed by atoms with Gasteiger partial charge < -0.3 is 10.2 Å². The molecule has 1 aromatic carbocycles. The largest absolute Gasteiger partial charge is 0.390 e. The Morgan fingerprint density at radius 1 is 1.25 bits per heavy atom. The number of hydrogen-bond donors (Lipinski definition) is 3. The minimum Gasteiger partial charge on any atom is -0.390 e. The Bertz CT molecular complexity index is 434. The van der Waals surface area contributed by atoms with E-state index in [1.807, 2.05) is 30.3 Å². The first-order chi connectivity index (χ1) is 7.72. The first-order valence-electron chi connectivity index (χ1n) is 5.18. The molecule has 0 radical (unpaired) electrons. The lowest BCUT2D eigenvalue weighted by atomic mass is 10.1. The third-order valence-corrected chi connectivity index (χ3v) is 3.97. The van der Waals surface area contributed by atoms with Crippen molar-refractivity contribution >= 4 is 34.1 Å². The van der Waals surface area contributed by atoms with Crippen LogP contribution in [0.3, 0.4) is 0 Å². The molecular weight excluding hydrogens is 240 g/mol. The second kappa shape index (κ2) is 5.19. The molecule has 2 aromatic rings. The van der Waals surface area contributed by atoms with Gasteiger partial charge in [0.05, 0.1) is 6.10 Å². The Morgan fingerprint density at radius 2 is 2.00 bits per heavy atom. The maximum absolute atomic E-state index is 9.95. The molecule has 0 bridgehead atoms. The van der Waals surface area contributed by atoms with Gasteiger partial charge in [-0.3, -0.25) is 0 Å². The summed E-state index contributed by atoms with van der Waals surface area (Å²) in [5, 5.41) is 20.8. The van der Waals surface area contributed by atoms with Crippen LogP contribution in [0, 0.1) is 0 Å². The van der Waals surface area contributed by atoms with E-state index in [0.29, 0.717) is 12.2 Å². The molecule has 16 heavy (non-hydrogen) atoms. The first kappa shape index (κ1) is 11.9. The van der Waals surface area contributed by atoms with Crippen LogP contribution in [0.15, 0.2) is 30.3 Å². The van der Waals surface area contributed by atoms with E-state index >= 15 is 0 Å². The minimum absolute atomic E-state index is 0.499. The molecule has 86 valence electrons. The third-order valence-electron chi connectivity index (χ3n) is 2.53. The van der Waals surface area contributed by atoms with Crippen LogP contribution in [0.4, 0.5) is 0 Å². The lowest BCUT2D eigenvalue weighted by Crippen LogP contribution is -2.17. The van der Waals surface area contributed by atoms with Gasteiger partial charge in [0.1, 0.15) is 6.10 Å². The molecule has 2 N–H and O–H groups in total. The summed E-state index contributed by atoms with van der Waals surface area (Å²) in [6, 6.07) is 9.90. The van der Waals surface area contributed by atoms with Gasteiger partial charge in [-0.15, -0.1) is 11.3 Å². The maximum atomic E-state index is 9.95. The van der Waals surface area contributed by atoms with Crippen LogP contribution in [-0.2, 0) is 0 Å². The van der Waals surface area contributed by atoms with Crippen LogP contribution in [0.25, 0.3) is 10.1 Å². The smallest absolute Gasteiger partial charge is 0.114 e. The Labute approximate surface area is 104 Å². The normalized spacial score (nSPS) is 15.2. The molecule has 0 saturated heterocycles. The van der Waals surface area contributed by atoms with E-state index in [1.54, 1.807) is 0 Å². The first-order valence-corrected chi connectivity index (χ1v) is 6.62. The zero-order valence-corrected chi connectivity index (χ0v) is 10.4. The van der Waals surface area contributed by atoms with Crippen molar-refractivity contribution in [3.05, 3.63) is 35.2 Å². The van der Waals surface area contributed by atoms with Crippen molar-refractivity contribution in [1.29, 1.82) is 0 Å². The molecule has 2 rings (SSSR count). The number of hydrogen-bond acceptors (Lipinski definition) is 4. The van der Waals surface area contributed by atoms with Crippen molar-refractivity contribution in [2.45, 2.75) is 18.6 Å². The summed E-state index contributed by atoms with van der Waals surface area (Å²) < 4.78 is 1.13. The molecule has 0 spiro atoms. The Morgan fingerprint density at radius 3 is 2.69 bits per heavy atom. The summed E-state index contributed by atoms with van der Waals surface area (Å²) in [7, 11) is 0. The molecule has 0 fully saturated rings. The van der Waals surface area contributed by atoms with E-state index in [1.165, 1.54) is 11.3 Å². The monoisotopic (exact) mass is 254 g/mol. The zero-order valence-electron chi connectivity index (χ0n) is 8.71. The molecule has 2 nitrogen and oxygen atoms in total. The third kappa shape index (κ3) is 2.40. The van der Waals surface area contributed by atoms with Crippen molar-refractivity contribution in [1.82, 2.24) is 0 Å². The molecule has 0 aliphatic carbocycles. The highest BCUT2D eigenvalue weighted by Gasteiger charge is 2.19. The van der Waals surface area contributed by atoms with Gasteiger partial charge in [-0.1, -0.05) is 18.2 Å². The molecular formula is C12H14O2S2. The number of thiophene rings is 1. The zero-order chi connectivity index (χ0) is 11.5. The van der Waals surface area contributed by atoms with Gasteiger partial charge in [0.15, 0.2) is 0 Å². The number of fused-ring (bicyclic) bond motifs is 1. The number of rotatable bonds is 4. The summed E-state index contributed by atoms with van der Waals surface area (Å²) in [5.74, 6) is 0.573. The van der Waals surface area contributed by atoms with Gasteiger partial charge in [-0.2, -0.15) is 12.6 Å². The molecule has 2 atom stereocenters. The molecule has 1 aromatic heterocycles. The molecule has 0 saturated carbocycles. The number of thiol groups is 1. The standard InChI is InChI=1S/C12H14O2S2/c13-9(5-6-15)12(14)11-7-8-3-1-2-4-10(8)16-11/h1-4,7,9,12-15H,5-6H2. The summed E-state index contributed by atoms with van der Waals surface area (Å²) in [4.78, 5) is 0.815. The Balaban J connectivity index is 2.26. The van der Waals surface area contributed by atoms with E-state index in [0.717, 1.165) is 15.0 Å². The predicted octanol–water partition coefficient (Wildman–Crippen LogP) is 2.62. The lowest BCUT2D eigenvalue weighted by molar-refractivity contribution is 0.0194. The van der Waals surface area contributed by atoms with Gasteiger partial charge >= 0.3 is 0 Å². The highest BCUT2D eigenvalue weighted by molar-refractivity contribution is 7.80. The van der Waals surface area contributed by atoms with Gasteiger partial charge in [0, 0.05) is 9.58 Å². The van der Waals surface area contributed by atoms with Crippen molar-refractivity contribution in [2.24, 2.45) is 0 Å². The second-order valence-electron chi connectivity index (χ2n) is 3.71. The van der Waals surface area contributed by atoms with Crippen LogP contribution in [0.2, 0.25) is 0 Å². The van der Waals surface area contributed by atoms with Crippen LogP contribution >= 0.6 is 24.0 Å². The lowest BCUT2D eigenvalue weighted by Gasteiger charge is -2.14. The van der Waals surface area contributed by atoms with E-state index in [-0.39, 0.29) is 0 Å². The molecule has 0 amide bonds. The fourth-order valence-electron chi connectivity index (χ4n) is 1.63. The fourth-order valence-corrected chi connectivity index (χ4v) is 3.00. The average molecular weight is 254 g/mol. The number of aliphatic hydroxyl groups excluding tert-OH is 2. The quantitative estimate of drug-likeness (QED) is 0.734. The van der Waals surface area contributed by atoms with Gasteiger partial charge in [-0.05, 0) is 29.7 Å². The Kier molecular flexibility index (Phi) is 3.86. The maximum Gasteiger partial charge on any atom is 0.114 e. The summed E-state index contributed by atoms with van der Waals surface area (Å²) in [6.07, 6.45) is -1.03. The summed E-state index contributed by atoms with van der Waals surface area (Å²) in [5.41, 5.74) is 0. The highest BCUT2D eigenvalue weighted by atomic mass is 32.1. The van der Waals surface area contributed by atoms with E-state index in [9.17, 15) is 10.2 Å². The van der Waals surface area contributed by atoms with E-state index in [4.69, 9.17) is 0 Å². The highest BCUT2D eigenvalue weighted by Crippen LogP contribution is 2.31. The fraction of sp³-hybridized carbons (Fsp3) is 0.333. The Hall–Kier alpha value is -0.550. The van der Waals surface area contributed by atoms with Crippen LogP contribution in [-0.4, -0.2) is 22.1 Å². The SMILES string of the molecule is OC(CCS)C(O)c1cc2ccccc2s1. The number of aliphatic hydroxyl groups is 2. The van der Waals surface area contributed by atoms with Crippen LogP contribution < -0.4 is 0 Å². The van der Waals surface area contributed by atoms with Crippen molar-refractivity contribution < 1.29 is 10.2 Å². The van der Waals surface area contributed by atoms with E-state index < -0.39 is 12.2 Å². The van der Waals surface area contributed by atoms with Gasteiger partial charge in [0.25, 0.3) is 0 Å². The molecule has 0 aliphatic heterocycles. The summed E-state index contributed by atoms with van der Waals surface area (Å²) >= 11 is 5.57. The predicted molar refractivity (Wildman–Crippen MR) is 71.3 cm³/mol. The topological polar surface area (TPSA) is 40.5 Å². The molecule has 1 heterocycles. The molecule has 4 heteroatoms. The van der Waals surface area contributed by atoms with Crippen molar-refractivity contribution in [3.63, 3.8) is 0 Å². The van der Waals surface area contributed by atoms with E-state index in [2.05, 4.69) is 12.6 Å². The van der Waals surface area contributed by atoms with Gasteiger partial charge in [0.2, 0.25) is 0 Å². The second-order valence-corrected chi connectivity index (χ2v) is 5.27. The van der Waals surface area contributed by atoms with Crippen LogP contribution in [0.1, 0.15) is 17.4 Å². The van der Waals surface area contributed by atoms with Crippen molar-refractivity contribution in [2.75, 3.05) is 5.75 Å². The summed E-state index contributed by atoms with van der Waals surface area (Å²) in [6.45, 7) is 0. The van der Waals surface area contributed by atoms with Gasteiger partial charge in [-0.25, -0.2) is 0 Å². The van der Waals surface area contributed by atoms with Crippen LogP contribution in [0.5, 0.6) is 0 Å². The molecule has 2 unspecified atom stereocenters. The van der Waals surface area contributed by atoms with Crippen molar-refractivity contribution in [3.8, 4) is 0 Å². The average Bonchev–Trinajstić information content (AvgIpc) is 2.71. The molecule has 0 aliphatic rings. The number of benzene rings is 1. The minimum atomic E-state index is -0.801.